The van der Waals surface area contributed by atoms with Crippen LogP contribution >= 0.6 is 35.1 Å². The van der Waals surface area contributed by atoms with Crippen molar-refractivity contribution in [2.75, 3.05) is 5.75 Å². The molecule has 0 radical (unpaired) electrons. The molecule has 0 aliphatic carbocycles. The Labute approximate surface area is 123 Å². The number of thioether (sulfide) groups is 2. The molecule has 0 spiro atoms. The van der Waals surface area contributed by atoms with Crippen molar-refractivity contribution in [1.29, 1.82) is 0 Å². The molecule has 4 atom stereocenters. The van der Waals surface area contributed by atoms with E-state index in [4.69, 9.17) is 11.6 Å². The third-order valence-corrected chi connectivity index (χ3v) is 7.11. The molecule has 1 saturated heterocycles. The molecule has 18 heavy (non-hydrogen) atoms. The molecule has 1 aromatic rings. The summed E-state index contributed by atoms with van der Waals surface area (Å²) in [7, 11) is 0. The van der Waals surface area contributed by atoms with Gasteiger partial charge in [0.05, 0.1) is 6.10 Å². The monoisotopic (exact) mass is 302 g/mol. The molecule has 1 N–H and O–H groups in total. The van der Waals surface area contributed by atoms with E-state index in [1.54, 1.807) is 0 Å². The number of hydrogen-bond donors (Lipinski definition) is 1. The molecule has 0 aromatic heterocycles. The van der Waals surface area contributed by atoms with Crippen LogP contribution in [-0.4, -0.2) is 32.7 Å². The van der Waals surface area contributed by atoms with Crippen LogP contribution in [0.15, 0.2) is 24.3 Å². The molecule has 0 amide bonds. The van der Waals surface area contributed by atoms with Gasteiger partial charge >= 0.3 is 0 Å². The minimum atomic E-state index is -0.282. The highest BCUT2D eigenvalue weighted by Gasteiger charge is 2.30. The van der Waals surface area contributed by atoms with Crippen molar-refractivity contribution in [2.24, 2.45) is 0 Å². The quantitative estimate of drug-likeness (QED) is 0.915. The van der Waals surface area contributed by atoms with Crippen LogP contribution in [0.25, 0.3) is 0 Å². The summed E-state index contributed by atoms with van der Waals surface area (Å²) in [6, 6.07) is 7.78. The number of aliphatic hydroxyl groups excluding tert-OH is 1. The number of halogens is 1. The lowest BCUT2D eigenvalue weighted by atomic mass is 10.1. The minimum absolute atomic E-state index is 0.282. The zero-order valence-corrected chi connectivity index (χ0v) is 13.1. The molecule has 0 bridgehead atoms. The smallest absolute Gasteiger partial charge is 0.0707 e. The highest BCUT2D eigenvalue weighted by atomic mass is 35.5. The SMILES string of the molecule is CC1SCC(C(O)Cc2cccc(Cl)c2)SC1C. The Kier molecular flexibility index (Phi) is 5.31. The molecule has 1 aliphatic rings. The van der Waals surface area contributed by atoms with E-state index >= 15 is 0 Å². The van der Waals surface area contributed by atoms with E-state index in [-0.39, 0.29) is 6.10 Å². The van der Waals surface area contributed by atoms with Crippen LogP contribution in [0, 0.1) is 0 Å². The first-order valence-electron chi connectivity index (χ1n) is 6.26. The maximum absolute atomic E-state index is 10.3. The predicted octanol–water partition coefficient (Wildman–Crippen LogP) is 3.87. The Hall–Kier alpha value is 0.170. The molecule has 1 nitrogen and oxygen atoms in total. The van der Waals surface area contributed by atoms with Crippen molar-refractivity contribution in [3.05, 3.63) is 34.9 Å². The van der Waals surface area contributed by atoms with Crippen molar-refractivity contribution >= 4 is 35.1 Å². The lowest BCUT2D eigenvalue weighted by molar-refractivity contribution is 0.177. The van der Waals surface area contributed by atoms with Crippen molar-refractivity contribution in [3.63, 3.8) is 0 Å². The fourth-order valence-electron chi connectivity index (χ4n) is 2.05. The number of rotatable bonds is 3. The normalized spacial score (nSPS) is 30.1. The van der Waals surface area contributed by atoms with Gasteiger partial charge in [-0.05, 0) is 24.1 Å². The summed E-state index contributed by atoms with van der Waals surface area (Å²) in [6.07, 6.45) is 0.413. The third kappa shape index (κ3) is 3.83. The van der Waals surface area contributed by atoms with Gasteiger partial charge in [0, 0.05) is 26.5 Å². The summed E-state index contributed by atoms with van der Waals surface area (Å²) in [6.45, 7) is 4.52. The van der Waals surface area contributed by atoms with Crippen molar-refractivity contribution in [2.45, 2.75) is 42.1 Å². The van der Waals surface area contributed by atoms with Crippen molar-refractivity contribution in [1.82, 2.24) is 0 Å². The lowest BCUT2D eigenvalue weighted by Gasteiger charge is -2.33. The van der Waals surface area contributed by atoms with Crippen LogP contribution in [0.5, 0.6) is 0 Å². The van der Waals surface area contributed by atoms with E-state index in [1.165, 1.54) is 0 Å². The molecule has 1 aromatic carbocycles. The third-order valence-electron chi connectivity index (χ3n) is 3.34. The van der Waals surface area contributed by atoms with Crippen LogP contribution in [0.3, 0.4) is 0 Å². The Morgan fingerprint density at radius 1 is 1.39 bits per heavy atom. The first kappa shape index (κ1) is 14.6. The summed E-state index contributed by atoms with van der Waals surface area (Å²) >= 11 is 9.86. The second-order valence-electron chi connectivity index (χ2n) is 4.82. The van der Waals surface area contributed by atoms with E-state index in [0.29, 0.717) is 22.2 Å². The highest BCUT2D eigenvalue weighted by molar-refractivity contribution is 8.07. The summed E-state index contributed by atoms with van der Waals surface area (Å²) in [4.78, 5) is 0. The topological polar surface area (TPSA) is 20.2 Å². The molecule has 1 aliphatic heterocycles. The average Bonchev–Trinajstić information content (AvgIpc) is 2.32. The molecular weight excluding hydrogens is 284 g/mol. The maximum atomic E-state index is 10.3. The van der Waals surface area contributed by atoms with Gasteiger partial charge in [0.1, 0.15) is 0 Å². The minimum Gasteiger partial charge on any atom is -0.392 e. The molecular formula is C14H19ClOS2. The Bertz CT molecular complexity index is 399. The largest absolute Gasteiger partial charge is 0.392 e. The van der Waals surface area contributed by atoms with Gasteiger partial charge in [-0.2, -0.15) is 23.5 Å². The highest BCUT2D eigenvalue weighted by Crippen LogP contribution is 2.37. The second kappa shape index (κ2) is 6.56. The van der Waals surface area contributed by atoms with E-state index in [1.807, 2.05) is 47.8 Å². The standard InChI is InChI=1S/C14H19ClOS2/c1-9-10(2)18-14(8-17-9)13(16)7-11-4-3-5-12(15)6-11/h3-6,9-10,13-14,16H,7-8H2,1-2H3. The van der Waals surface area contributed by atoms with Gasteiger partial charge in [-0.3, -0.25) is 0 Å². The van der Waals surface area contributed by atoms with Crippen LogP contribution in [0.4, 0.5) is 0 Å². The van der Waals surface area contributed by atoms with Crippen molar-refractivity contribution < 1.29 is 5.11 Å². The van der Waals surface area contributed by atoms with Crippen LogP contribution in [-0.2, 0) is 6.42 Å². The van der Waals surface area contributed by atoms with Crippen LogP contribution < -0.4 is 0 Å². The van der Waals surface area contributed by atoms with Crippen LogP contribution in [0.1, 0.15) is 19.4 Å². The Balaban J connectivity index is 1.94. The molecule has 1 heterocycles. The summed E-state index contributed by atoms with van der Waals surface area (Å²) in [5.74, 6) is 1.04. The second-order valence-corrected chi connectivity index (χ2v) is 8.29. The molecule has 4 unspecified atom stereocenters. The van der Waals surface area contributed by atoms with Gasteiger partial charge in [0.2, 0.25) is 0 Å². The van der Waals surface area contributed by atoms with Gasteiger partial charge in [-0.25, -0.2) is 0 Å². The predicted molar refractivity (Wildman–Crippen MR) is 83.9 cm³/mol. The molecule has 2 rings (SSSR count). The van der Waals surface area contributed by atoms with Gasteiger partial charge in [-0.1, -0.05) is 37.6 Å². The number of benzene rings is 1. The van der Waals surface area contributed by atoms with E-state index in [9.17, 15) is 5.11 Å². The first-order valence-corrected chi connectivity index (χ1v) is 8.63. The maximum Gasteiger partial charge on any atom is 0.0707 e. The van der Waals surface area contributed by atoms with Crippen LogP contribution in [0.2, 0.25) is 5.02 Å². The zero-order chi connectivity index (χ0) is 13.1. The number of aliphatic hydroxyl groups is 1. The van der Waals surface area contributed by atoms with Gasteiger partial charge in [0.15, 0.2) is 0 Å². The first-order chi connectivity index (χ1) is 8.56. The Morgan fingerprint density at radius 2 is 2.17 bits per heavy atom. The zero-order valence-electron chi connectivity index (χ0n) is 10.7. The summed E-state index contributed by atoms with van der Waals surface area (Å²) in [5.41, 5.74) is 1.12. The lowest BCUT2D eigenvalue weighted by Crippen LogP contribution is -2.35. The van der Waals surface area contributed by atoms with E-state index in [0.717, 1.165) is 16.3 Å². The average molecular weight is 303 g/mol. The molecule has 100 valence electrons. The van der Waals surface area contributed by atoms with Crippen molar-refractivity contribution in [3.8, 4) is 0 Å². The molecule has 1 fully saturated rings. The molecule has 4 heteroatoms. The fraction of sp³-hybridized carbons (Fsp3) is 0.571. The summed E-state index contributed by atoms with van der Waals surface area (Å²) < 4.78 is 0. The fourth-order valence-corrected chi connectivity index (χ4v) is 5.27. The van der Waals surface area contributed by atoms with Gasteiger partial charge in [-0.15, -0.1) is 0 Å². The summed E-state index contributed by atoms with van der Waals surface area (Å²) in [5, 5.41) is 12.7. The Morgan fingerprint density at radius 3 is 2.83 bits per heavy atom. The van der Waals surface area contributed by atoms with Gasteiger partial charge < -0.3 is 5.11 Å². The number of hydrogen-bond acceptors (Lipinski definition) is 3. The van der Waals surface area contributed by atoms with Gasteiger partial charge in [0.25, 0.3) is 0 Å². The van der Waals surface area contributed by atoms with E-state index in [2.05, 4.69) is 13.8 Å². The molecule has 0 saturated carbocycles. The van der Waals surface area contributed by atoms with E-state index < -0.39 is 0 Å².